The van der Waals surface area contributed by atoms with E-state index in [1.807, 2.05) is 12.3 Å². The third-order valence-electron chi connectivity index (χ3n) is 2.53. The zero-order valence-electron chi connectivity index (χ0n) is 10.5. The normalized spacial score (nSPS) is 11.4. The number of rotatable bonds is 8. The first-order valence-electron chi connectivity index (χ1n) is 5.98. The molecule has 0 radical (unpaired) electrons. The monoisotopic (exact) mass is 273 g/mol. The molecule has 1 heterocycles. The van der Waals surface area contributed by atoms with Gasteiger partial charge in [-0.2, -0.15) is 5.10 Å². The number of hydrogen-bond acceptors (Lipinski definition) is 4. The van der Waals surface area contributed by atoms with Crippen LogP contribution in [0.15, 0.2) is 18.5 Å². The molecule has 1 N–H and O–H groups in total. The Balaban J connectivity index is 2.11. The summed E-state index contributed by atoms with van der Waals surface area (Å²) in [5.74, 6) is 0.00443. The first kappa shape index (κ1) is 14.7. The summed E-state index contributed by atoms with van der Waals surface area (Å²) < 4.78 is 24.1. The Hall–Kier alpha value is -1.37. The van der Waals surface area contributed by atoms with Crippen LogP contribution in [-0.2, 0) is 21.2 Å². The van der Waals surface area contributed by atoms with Crippen molar-refractivity contribution in [2.75, 3.05) is 18.1 Å². The Morgan fingerprint density at radius 1 is 1.44 bits per heavy atom. The minimum absolute atomic E-state index is 0.00833. The molecule has 0 aliphatic rings. The van der Waals surface area contributed by atoms with E-state index in [1.54, 1.807) is 17.8 Å². The maximum Gasteiger partial charge on any atom is 0.220 e. The van der Waals surface area contributed by atoms with E-state index in [2.05, 4.69) is 10.4 Å². The third-order valence-corrected chi connectivity index (χ3v) is 4.23. The van der Waals surface area contributed by atoms with E-state index < -0.39 is 9.84 Å². The Morgan fingerprint density at radius 2 is 2.22 bits per heavy atom. The summed E-state index contributed by atoms with van der Waals surface area (Å²) in [7, 11) is -3.00. The van der Waals surface area contributed by atoms with E-state index in [-0.39, 0.29) is 24.0 Å². The van der Waals surface area contributed by atoms with E-state index in [4.69, 9.17) is 0 Å². The third kappa shape index (κ3) is 5.81. The number of amides is 1. The minimum atomic E-state index is -3.00. The summed E-state index contributed by atoms with van der Waals surface area (Å²) >= 11 is 0. The van der Waals surface area contributed by atoms with Crippen molar-refractivity contribution in [2.24, 2.45) is 0 Å². The van der Waals surface area contributed by atoms with Gasteiger partial charge < -0.3 is 5.32 Å². The van der Waals surface area contributed by atoms with Crippen molar-refractivity contribution < 1.29 is 13.2 Å². The maximum atomic E-state index is 11.4. The van der Waals surface area contributed by atoms with Crippen LogP contribution < -0.4 is 5.32 Å². The summed E-state index contributed by atoms with van der Waals surface area (Å²) in [6.07, 6.45) is 4.60. The summed E-state index contributed by atoms with van der Waals surface area (Å²) in [5.41, 5.74) is 0. The number of nitrogens with one attached hydrogen (secondary N) is 1. The molecular weight excluding hydrogens is 254 g/mol. The molecule has 1 aromatic rings. The highest BCUT2D eigenvalue weighted by molar-refractivity contribution is 7.91. The minimum Gasteiger partial charge on any atom is -0.355 e. The predicted molar refractivity (Wildman–Crippen MR) is 68.8 cm³/mol. The van der Waals surface area contributed by atoms with Crippen LogP contribution in [0.2, 0.25) is 0 Å². The van der Waals surface area contributed by atoms with E-state index in [0.29, 0.717) is 19.4 Å². The zero-order chi connectivity index (χ0) is 13.4. The smallest absolute Gasteiger partial charge is 0.220 e. The second-order valence-electron chi connectivity index (χ2n) is 3.96. The van der Waals surface area contributed by atoms with Gasteiger partial charge in [-0.25, -0.2) is 8.42 Å². The molecule has 0 aliphatic heterocycles. The van der Waals surface area contributed by atoms with E-state index in [1.165, 1.54) is 0 Å². The van der Waals surface area contributed by atoms with Gasteiger partial charge in [-0.1, -0.05) is 6.92 Å². The molecule has 1 rings (SSSR count). The fourth-order valence-corrected chi connectivity index (χ4v) is 2.11. The van der Waals surface area contributed by atoms with E-state index >= 15 is 0 Å². The molecule has 7 heteroatoms. The van der Waals surface area contributed by atoms with Gasteiger partial charge in [0.2, 0.25) is 5.91 Å². The average Bonchev–Trinajstić information content (AvgIpc) is 2.82. The summed E-state index contributed by atoms with van der Waals surface area (Å²) in [6, 6.07) is 1.83. The van der Waals surface area contributed by atoms with Crippen molar-refractivity contribution >= 4 is 15.7 Å². The Bertz CT molecular complexity index is 454. The lowest BCUT2D eigenvalue weighted by molar-refractivity contribution is -0.121. The molecule has 6 nitrogen and oxygen atoms in total. The van der Waals surface area contributed by atoms with Gasteiger partial charge in [0.15, 0.2) is 9.84 Å². The molecule has 0 aromatic carbocycles. The first-order chi connectivity index (χ1) is 8.53. The van der Waals surface area contributed by atoms with Gasteiger partial charge in [-0.05, 0) is 12.5 Å². The number of sulfone groups is 1. The van der Waals surface area contributed by atoms with Crippen LogP contribution in [0.4, 0.5) is 0 Å². The Kier molecular flexibility index (Phi) is 5.84. The van der Waals surface area contributed by atoms with Gasteiger partial charge in [0.05, 0.1) is 5.75 Å². The topological polar surface area (TPSA) is 81.1 Å². The van der Waals surface area contributed by atoms with Crippen LogP contribution in [0.3, 0.4) is 0 Å². The molecule has 0 aliphatic carbocycles. The molecule has 0 fully saturated rings. The second-order valence-corrected chi connectivity index (χ2v) is 6.43. The fraction of sp³-hybridized carbons (Fsp3) is 0.636. The van der Waals surface area contributed by atoms with Gasteiger partial charge >= 0.3 is 0 Å². The van der Waals surface area contributed by atoms with Gasteiger partial charge in [0.1, 0.15) is 0 Å². The Morgan fingerprint density at radius 3 is 2.83 bits per heavy atom. The molecule has 0 atom stereocenters. The lowest BCUT2D eigenvalue weighted by Gasteiger charge is -2.05. The molecule has 0 saturated heterocycles. The molecule has 102 valence electrons. The molecule has 0 unspecified atom stereocenters. The number of aromatic nitrogens is 2. The van der Waals surface area contributed by atoms with Crippen LogP contribution in [-0.4, -0.2) is 42.2 Å². The lowest BCUT2D eigenvalue weighted by atomic mass is 10.3. The largest absolute Gasteiger partial charge is 0.355 e. The van der Waals surface area contributed by atoms with Gasteiger partial charge in [-0.15, -0.1) is 0 Å². The van der Waals surface area contributed by atoms with Gasteiger partial charge in [0, 0.05) is 37.7 Å². The van der Waals surface area contributed by atoms with Crippen molar-refractivity contribution in [2.45, 2.75) is 26.3 Å². The molecule has 18 heavy (non-hydrogen) atoms. The Labute approximate surface area is 107 Å². The predicted octanol–water partition coefficient (Wildman–Crippen LogP) is 0.214. The number of carbonyl (C=O) groups excluding carboxylic acids is 1. The SMILES string of the molecule is CCS(=O)(=O)CCNC(=O)CCCn1cccn1. The average molecular weight is 273 g/mol. The van der Waals surface area contributed by atoms with E-state index in [9.17, 15) is 13.2 Å². The van der Waals surface area contributed by atoms with Crippen molar-refractivity contribution in [1.82, 2.24) is 15.1 Å². The second kappa shape index (κ2) is 7.15. The maximum absolute atomic E-state index is 11.4. The molecular formula is C11H19N3O3S. The molecule has 1 amide bonds. The zero-order valence-corrected chi connectivity index (χ0v) is 11.3. The number of aryl methyl sites for hydroxylation is 1. The summed E-state index contributed by atoms with van der Waals surface area (Å²) in [4.78, 5) is 11.4. The van der Waals surface area contributed by atoms with Crippen LogP contribution >= 0.6 is 0 Å². The van der Waals surface area contributed by atoms with Crippen molar-refractivity contribution in [3.63, 3.8) is 0 Å². The molecule has 0 saturated carbocycles. The quantitative estimate of drug-likeness (QED) is 0.734. The van der Waals surface area contributed by atoms with Crippen molar-refractivity contribution in [1.29, 1.82) is 0 Å². The highest BCUT2D eigenvalue weighted by atomic mass is 32.2. The number of carbonyl (C=O) groups is 1. The van der Waals surface area contributed by atoms with Crippen molar-refractivity contribution in [3.05, 3.63) is 18.5 Å². The highest BCUT2D eigenvalue weighted by Crippen LogP contribution is 1.94. The molecule has 0 bridgehead atoms. The lowest BCUT2D eigenvalue weighted by Crippen LogP contribution is -2.29. The molecule has 1 aromatic heterocycles. The number of hydrogen-bond donors (Lipinski definition) is 1. The van der Waals surface area contributed by atoms with Gasteiger partial charge in [0.25, 0.3) is 0 Å². The first-order valence-corrected chi connectivity index (χ1v) is 7.80. The standard InChI is InChI=1S/C11H19N3O3S/c1-2-18(16,17)10-7-12-11(15)5-3-8-14-9-4-6-13-14/h4,6,9H,2-3,5,7-8,10H2,1H3,(H,12,15). The van der Waals surface area contributed by atoms with Gasteiger partial charge in [-0.3, -0.25) is 9.48 Å². The highest BCUT2D eigenvalue weighted by Gasteiger charge is 2.08. The summed E-state index contributed by atoms with van der Waals surface area (Å²) in [6.45, 7) is 2.48. The van der Waals surface area contributed by atoms with Crippen LogP contribution in [0.5, 0.6) is 0 Å². The van der Waals surface area contributed by atoms with E-state index in [0.717, 1.165) is 0 Å². The van der Waals surface area contributed by atoms with Crippen LogP contribution in [0.1, 0.15) is 19.8 Å². The fourth-order valence-electron chi connectivity index (χ4n) is 1.41. The molecule has 0 spiro atoms. The van der Waals surface area contributed by atoms with Crippen LogP contribution in [0.25, 0.3) is 0 Å². The van der Waals surface area contributed by atoms with Crippen molar-refractivity contribution in [3.8, 4) is 0 Å². The summed E-state index contributed by atoms with van der Waals surface area (Å²) in [5, 5.41) is 6.63. The van der Waals surface area contributed by atoms with Crippen LogP contribution in [0, 0.1) is 0 Å². The number of nitrogens with zero attached hydrogens (tertiary/aromatic N) is 2.